The van der Waals surface area contributed by atoms with Crippen molar-refractivity contribution in [1.29, 1.82) is 0 Å². The minimum absolute atomic E-state index is 0.0740. The van der Waals surface area contributed by atoms with Crippen molar-refractivity contribution in [3.8, 4) is 0 Å². The average molecular weight is 354 g/mol. The summed E-state index contributed by atoms with van der Waals surface area (Å²) in [6.07, 6.45) is 2.01. The maximum atomic E-state index is 12.5. The molecular formula is C20H22N2O2S. The molecule has 3 rings (SSSR count). The third-order valence-corrected chi connectivity index (χ3v) is 5.21. The maximum Gasteiger partial charge on any atom is 0.251 e. The number of amides is 2. The lowest BCUT2D eigenvalue weighted by atomic mass is 10.1. The molecule has 2 amide bonds. The Hall–Kier alpha value is -2.27. The van der Waals surface area contributed by atoms with Crippen molar-refractivity contribution in [2.75, 3.05) is 17.2 Å². The molecule has 0 saturated carbocycles. The molecule has 0 fully saturated rings. The Morgan fingerprint density at radius 2 is 2.00 bits per heavy atom. The van der Waals surface area contributed by atoms with Crippen LogP contribution < -0.4 is 10.2 Å². The average Bonchev–Trinajstić information content (AvgIpc) is 2.64. The number of hydrogen-bond donors (Lipinski definition) is 1. The van der Waals surface area contributed by atoms with Crippen LogP contribution in [-0.2, 0) is 11.3 Å². The SMILES string of the molecule is CCCCNC(=O)c1ccc2c(c1)N(Cc1ccccc1)C(=O)CS2. The highest BCUT2D eigenvalue weighted by atomic mass is 32.2. The monoisotopic (exact) mass is 354 g/mol. The number of fused-ring (bicyclic) bond motifs is 1. The molecule has 4 nitrogen and oxygen atoms in total. The molecular weight excluding hydrogens is 332 g/mol. The zero-order valence-electron chi connectivity index (χ0n) is 14.3. The number of nitrogens with one attached hydrogen (secondary N) is 1. The van der Waals surface area contributed by atoms with Gasteiger partial charge >= 0.3 is 0 Å². The first-order valence-electron chi connectivity index (χ1n) is 8.58. The van der Waals surface area contributed by atoms with Crippen molar-refractivity contribution in [1.82, 2.24) is 5.32 Å². The Balaban J connectivity index is 1.84. The van der Waals surface area contributed by atoms with Crippen LogP contribution in [-0.4, -0.2) is 24.1 Å². The van der Waals surface area contributed by atoms with E-state index in [9.17, 15) is 9.59 Å². The van der Waals surface area contributed by atoms with E-state index in [1.807, 2.05) is 48.5 Å². The van der Waals surface area contributed by atoms with Gasteiger partial charge in [-0.25, -0.2) is 0 Å². The van der Waals surface area contributed by atoms with Crippen LogP contribution >= 0.6 is 11.8 Å². The topological polar surface area (TPSA) is 49.4 Å². The second kappa shape index (κ2) is 8.21. The molecule has 0 bridgehead atoms. The maximum absolute atomic E-state index is 12.5. The molecule has 0 atom stereocenters. The van der Waals surface area contributed by atoms with Crippen molar-refractivity contribution < 1.29 is 9.59 Å². The van der Waals surface area contributed by atoms with Crippen LogP contribution in [0.5, 0.6) is 0 Å². The number of rotatable bonds is 6. The number of carbonyl (C=O) groups is 2. The van der Waals surface area contributed by atoms with Crippen LogP contribution in [0.25, 0.3) is 0 Å². The minimum Gasteiger partial charge on any atom is -0.352 e. The molecule has 0 unspecified atom stereocenters. The van der Waals surface area contributed by atoms with Crippen LogP contribution in [0.3, 0.4) is 0 Å². The Bertz CT molecular complexity index is 762. The fraction of sp³-hybridized carbons (Fsp3) is 0.300. The summed E-state index contributed by atoms with van der Waals surface area (Å²) < 4.78 is 0. The zero-order valence-corrected chi connectivity index (χ0v) is 15.1. The van der Waals surface area contributed by atoms with E-state index in [1.54, 1.807) is 4.90 Å². The lowest BCUT2D eigenvalue weighted by Crippen LogP contribution is -2.35. The van der Waals surface area contributed by atoms with E-state index < -0.39 is 0 Å². The number of hydrogen-bond acceptors (Lipinski definition) is 3. The summed E-state index contributed by atoms with van der Waals surface area (Å²) in [6.45, 7) is 3.29. The Morgan fingerprint density at radius 1 is 1.20 bits per heavy atom. The number of thioether (sulfide) groups is 1. The molecule has 0 aliphatic carbocycles. The van der Waals surface area contributed by atoms with Crippen molar-refractivity contribution in [3.05, 3.63) is 59.7 Å². The van der Waals surface area contributed by atoms with E-state index in [0.29, 0.717) is 24.4 Å². The van der Waals surface area contributed by atoms with Crippen LogP contribution in [0.4, 0.5) is 5.69 Å². The predicted molar refractivity (Wildman–Crippen MR) is 102 cm³/mol. The number of unbranched alkanes of at least 4 members (excludes halogenated alkanes) is 1. The Labute approximate surface area is 152 Å². The van der Waals surface area contributed by atoms with Crippen LogP contribution in [0.1, 0.15) is 35.7 Å². The third kappa shape index (κ3) is 4.23. The summed E-state index contributed by atoms with van der Waals surface area (Å²) in [4.78, 5) is 27.6. The quantitative estimate of drug-likeness (QED) is 0.802. The standard InChI is InChI=1S/C20H22N2O2S/c1-2-3-11-21-20(24)16-9-10-18-17(12-16)22(19(23)14-25-18)13-15-7-5-4-6-8-15/h4-10,12H,2-3,11,13-14H2,1H3,(H,21,24). The van der Waals surface area contributed by atoms with Gasteiger partial charge < -0.3 is 10.2 Å². The first-order valence-corrected chi connectivity index (χ1v) is 9.57. The second-order valence-electron chi connectivity index (χ2n) is 6.05. The summed E-state index contributed by atoms with van der Waals surface area (Å²) in [5, 5.41) is 2.93. The first kappa shape index (κ1) is 17.5. The fourth-order valence-electron chi connectivity index (χ4n) is 2.76. The van der Waals surface area contributed by atoms with Crippen LogP contribution in [0.2, 0.25) is 0 Å². The molecule has 130 valence electrons. The molecule has 0 saturated heterocycles. The number of carbonyl (C=O) groups excluding carboxylic acids is 2. The molecule has 1 aliphatic rings. The lowest BCUT2D eigenvalue weighted by Gasteiger charge is -2.29. The smallest absolute Gasteiger partial charge is 0.251 e. The van der Waals surface area contributed by atoms with Crippen molar-refractivity contribution >= 4 is 29.3 Å². The fourth-order valence-corrected chi connectivity index (χ4v) is 3.68. The third-order valence-electron chi connectivity index (χ3n) is 4.16. The minimum atomic E-state index is -0.0843. The highest BCUT2D eigenvalue weighted by molar-refractivity contribution is 8.00. The van der Waals surface area contributed by atoms with Gasteiger partial charge in [-0.1, -0.05) is 43.7 Å². The summed E-state index contributed by atoms with van der Waals surface area (Å²) in [6, 6.07) is 15.5. The summed E-state index contributed by atoms with van der Waals surface area (Å²) in [7, 11) is 0. The van der Waals surface area contributed by atoms with Crippen LogP contribution in [0, 0.1) is 0 Å². The summed E-state index contributed by atoms with van der Waals surface area (Å²) in [5.41, 5.74) is 2.50. The van der Waals surface area contributed by atoms with Gasteiger partial charge in [0.1, 0.15) is 0 Å². The van der Waals surface area contributed by atoms with Gasteiger partial charge in [0.25, 0.3) is 5.91 Å². The summed E-state index contributed by atoms with van der Waals surface area (Å²) >= 11 is 1.53. The first-order chi connectivity index (χ1) is 12.2. The van der Waals surface area contributed by atoms with Gasteiger partial charge in [0.15, 0.2) is 0 Å². The highest BCUT2D eigenvalue weighted by Gasteiger charge is 2.25. The number of benzene rings is 2. The molecule has 0 aromatic heterocycles. The highest BCUT2D eigenvalue weighted by Crippen LogP contribution is 2.36. The summed E-state index contributed by atoms with van der Waals surface area (Å²) in [5.74, 6) is 0.422. The molecule has 1 N–H and O–H groups in total. The molecule has 1 aliphatic heterocycles. The van der Waals surface area contributed by atoms with E-state index in [4.69, 9.17) is 0 Å². The molecule has 25 heavy (non-hydrogen) atoms. The second-order valence-corrected chi connectivity index (χ2v) is 7.06. The van der Waals surface area contributed by atoms with Crippen molar-refractivity contribution in [3.63, 3.8) is 0 Å². The van der Waals surface area contributed by atoms with Gasteiger partial charge in [-0.2, -0.15) is 0 Å². The van der Waals surface area contributed by atoms with E-state index >= 15 is 0 Å². The number of anilines is 1. The van der Waals surface area contributed by atoms with Gasteiger partial charge in [-0.15, -0.1) is 11.8 Å². The molecule has 5 heteroatoms. The van der Waals surface area contributed by atoms with E-state index in [-0.39, 0.29) is 11.8 Å². The van der Waals surface area contributed by atoms with Gasteiger partial charge in [0, 0.05) is 17.0 Å². The lowest BCUT2D eigenvalue weighted by molar-refractivity contribution is -0.116. The number of nitrogens with zero attached hydrogens (tertiary/aromatic N) is 1. The molecule has 1 heterocycles. The van der Waals surface area contributed by atoms with Gasteiger partial charge in [-0.05, 0) is 30.2 Å². The molecule has 2 aromatic carbocycles. The van der Waals surface area contributed by atoms with Crippen LogP contribution in [0.15, 0.2) is 53.4 Å². The van der Waals surface area contributed by atoms with E-state index in [1.165, 1.54) is 11.8 Å². The molecule has 2 aromatic rings. The van der Waals surface area contributed by atoms with Crippen molar-refractivity contribution in [2.45, 2.75) is 31.2 Å². The largest absolute Gasteiger partial charge is 0.352 e. The zero-order chi connectivity index (χ0) is 17.6. The molecule has 0 spiro atoms. The van der Waals surface area contributed by atoms with Gasteiger partial charge in [0.05, 0.1) is 18.0 Å². The van der Waals surface area contributed by atoms with E-state index in [2.05, 4.69) is 12.2 Å². The normalized spacial score (nSPS) is 13.5. The van der Waals surface area contributed by atoms with Gasteiger partial charge in [0.2, 0.25) is 5.91 Å². The predicted octanol–water partition coefficient (Wildman–Crippen LogP) is 3.86. The Kier molecular flexibility index (Phi) is 5.76. The van der Waals surface area contributed by atoms with E-state index in [0.717, 1.165) is 29.0 Å². The molecule has 0 radical (unpaired) electrons. The van der Waals surface area contributed by atoms with Gasteiger partial charge in [-0.3, -0.25) is 9.59 Å². The Morgan fingerprint density at radius 3 is 2.76 bits per heavy atom. The van der Waals surface area contributed by atoms with Crippen molar-refractivity contribution in [2.24, 2.45) is 0 Å².